The number of hydrogen-bond donors (Lipinski definition) is 2. The minimum atomic E-state index is 0.156. The fourth-order valence-electron chi connectivity index (χ4n) is 1.56. The van der Waals surface area contributed by atoms with Crippen molar-refractivity contribution >= 4 is 17.5 Å². The Balaban J connectivity index is 2.21. The predicted molar refractivity (Wildman–Crippen MR) is 58.9 cm³/mol. The van der Waals surface area contributed by atoms with E-state index in [0.717, 1.165) is 11.3 Å². The average Bonchev–Trinajstić information content (AvgIpc) is 2.83. The molecule has 0 bridgehead atoms. The van der Waals surface area contributed by atoms with Crippen molar-refractivity contribution in [3.63, 3.8) is 0 Å². The summed E-state index contributed by atoms with van der Waals surface area (Å²) in [4.78, 5) is 7.98. The third-order valence-corrected chi connectivity index (χ3v) is 2.27. The third-order valence-electron chi connectivity index (χ3n) is 2.27. The van der Waals surface area contributed by atoms with Gasteiger partial charge in [0.1, 0.15) is 5.65 Å². The van der Waals surface area contributed by atoms with Crippen molar-refractivity contribution < 1.29 is 0 Å². The van der Waals surface area contributed by atoms with Crippen LogP contribution in [0.25, 0.3) is 11.3 Å². The quantitative estimate of drug-likeness (QED) is 0.598. The number of imidazole rings is 1. The second-order valence-electron chi connectivity index (χ2n) is 3.32. The van der Waals surface area contributed by atoms with Crippen LogP contribution in [0.5, 0.6) is 0 Å². The summed E-state index contributed by atoms with van der Waals surface area (Å²) in [5, 5.41) is 4.00. The number of fused-ring (bicyclic) bond motifs is 1. The first-order valence-electron chi connectivity index (χ1n) is 4.65. The molecule has 0 aliphatic carbocycles. The largest absolute Gasteiger partial charge is 0.368 e. The first-order chi connectivity index (χ1) is 7.74. The van der Waals surface area contributed by atoms with Gasteiger partial charge < -0.3 is 15.9 Å². The van der Waals surface area contributed by atoms with Crippen molar-refractivity contribution in [1.29, 1.82) is 0 Å². The Morgan fingerprint density at radius 2 is 2.06 bits per heavy atom. The molecule has 80 valence electrons. The number of aromatic nitrogens is 5. The molecule has 0 saturated carbocycles. The zero-order valence-corrected chi connectivity index (χ0v) is 8.28. The summed E-state index contributed by atoms with van der Waals surface area (Å²) in [6.45, 7) is 0. The highest BCUT2D eigenvalue weighted by Crippen LogP contribution is 2.13. The number of hydrogen-bond acceptors (Lipinski definition) is 5. The van der Waals surface area contributed by atoms with Gasteiger partial charge in [0.05, 0.1) is 5.69 Å². The second-order valence-corrected chi connectivity index (χ2v) is 3.32. The van der Waals surface area contributed by atoms with Crippen LogP contribution in [-0.2, 0) is 0 Å². The Labute approximate surface area is 90.3 Å². The van der Waals surface area contributed by atoms with E-state index >= 15 is 0 Å². The molecule has 0 aliphatic heterocycles. The van der Waals surface area contributed by atoms with E-state index in [9.17, 15) is 0 Å². The maximum Gasteiger partial charge on any atom is 0.241 e. The Kier molecular flexibility index (Phi) is 1.61. The van der Waals surface area contributed by atoms with E-state index in [1.807, 2.05) is 28.9 Å². The molecule has 3 aromatic heterocycles. The minimum absolute atomic E-state index is 0.156. The predicted octanol–water partition coefficient (Wildman–Crippen LogP) is 0.0794. The van der Waals surface area contributed by atoms with Gasteiger partial charge in [-0.15, -0.1) is 5.10 Å². The molecule has 3 aromatic rings. The van der Waals surface area contributed by atoms with Gasteiger partial charge in [-0.2, -0.15) is 9.67 Å². The molecular weight excluding hydrogens is 206 g/mol. The summed E-state index contributed by atoms with van der Waals surface area (Å²) in [5.41, 5.74) is 12.8. The number of nitrogens with two attached hydrogens (primary N) is 2. The fraction of sp³-hybridized carbons (Fsp3) is 0. The zero-order chi connectivity index (χ0) is 11.1. The lowest BCUT2D eigenvalue weighted by atomic mass is 10.4. The number of pyridine rings is 1. The van der Waals surface area contributed by atoms with Crippen molar-refractivity contribution in [2.75, 3.05) is 11.5 Å². The Bertz CT molecular complexity index is 651. The second kappa shape index (κ2) is 2.96. The van der Waals surface area contributed by atoms with Crippen LogP contribution in [0.15, 0.2) is 30.7 Å². The molecule has 0 atom stereocenters. The van der Waals surface area contributed by atoms with Gasteiger partial charge in [0, 0.05) is 18.6 Å². The molecule has 0 amide bonds. The molecule has 4 N–H and O–H groups in total. The highest BCUT2D eigenvalue weighted by molar-refractivity contribution is 5.46. The van der Waals surface area contributed by atoms with E-state index in [0.29, 0.717) is 0 Å². The molecule has 0 fully saturated rings. The molecule has 0 spiro atoms. The third kappa shape index (κ3) is 1.18. The van der Waals surface area contributed by atoms with Gasteiger partial charge in [0.2, 0.25) is 11.9 Å². The summed E-state index contributed by atoms with van der Waals surface area (Å²) >= 11 is 0. The maximum absolute atomic E-state index is 5.68. The molecule has 0 aromatic carbocycles. The Hall–Kier alpha value is -2.57. The monoisotopic (exact) mass is 215 g/mol. The first-order valence-corrected chi connectivity index (χ1v) is 4.65. The maximum atomic E-state index is 5.68. The average molecular weight is 215 g/mol. The minimum Gasteiger partial charge on any atom is -0.368 e. The van der Waals surface area contributed by atoms with Crippen LogP contribution < -0.4 is 11.5 Å². The van der Waals surface area contributed by atoms with E-state index in [1.54, 1.807) is 6.20 Å². The summed E-state index contributed by atoms with van der Waals surface area (Å²) in [6.07, 6.45) is 5.42. The molecule has 0 aliphatic rings. The standard InChI is InChI=1S/C9H9N7/c10-8-13-9(11)16(14-8)6-1-2-7-12-3-4-15(7)5-6/h1-5H,(H4,10,11,13,14). The van der Waals surface area contributed by atoms with Gasteiger partial charge in [-0.05, 0) is 12.1 Å². The number of nitrogens with zero attached hydrogens (tertiary/aromatic N) is 5. The van der Waals surface area contributed by atoms with Gasteiger partial charge >= 0.3 is 0 Å². The Morgan fingerprint density at radius 3 is 2.81 bits per heavy atom. The molecule has 16 heavy (non-hydrogen) atoms. The molecule has 0 unspecified atom stereocenters. The SMILES string of the molecule is Nc1nc(N)n(-c2ccc3nccn3c2)n1. The normalized spacial score (nSPS) is 11.0. The highest BCUT2D eigenvalue weighted by atomic mass is 15.4. The van der Waals surface area contributed by atoms with Crippen molar-refractivity contribution in [3.05, 3.63) is 30.7 Å². The lowest BCUT2D eigenvalue weighted by Gasteiger charge is -2.02. The van der Waals surface area contributed by atoms with E-state index in [1.165, 1.54) is 4.68 Å². The Morgan fingerprint density at radius 1 is 1.19 bits per heavy atom. The van der Waals surface area contributed by atoms with Gasteiger partial charge in [-0.3, -0.25) is 0 Å². The number of rotatable bonds is 1. The van der Waals surface area contributed by atoms with Crippen LogP contribution in [-0.4, -0.2) is 24.1 Å². The smallest absolute Gasteiger partial charge is 0.241 e. The summed E-state index contributed by atoms with van der Waals surface area (Å²) in [6, 6.07) is 3.72. The van der Waals surface area contributed by atoms with E-state index in [4.69, 9.17) is 11.5 Å². The molecule has 7 nitrogen and oxygen atoms in total. The molecule has 0 radical (unpaired) electrons. The summed E-state index contributed by atoms with van der Waals surface area (Å²) in [5.74, 6) is 0.417. The zero-order valence-electron chi connectivity index (χ0n) is 8.28. The van der Waals surface area contributed by atoms with Gasteiger partial charge in [-0.25, -0.2) is 4.98 Å². The van der Waals surface area contributed by atoms with Crippen LogP contribution in [0.1, 0.15) is 0 Å². The van der Waals surface area contributed by atoms with Crippen LogP contribution in [0.4, 0.5) is 11.9 Å². The lowest BCUT2D eigenvalue weighted by molar-refractivity contribution is 0.884. The van der Waals surface area contributed by atoms with Crippen LogP contribution in [0.3, 0.4) is 0 Å². The van der Waals surface area contributed by atoms with Crippen LogP contribution >= 0.6 is 0 Å². The van der Waals surface area contributed by atoms with Crippen molar-refractivity contribution in [3.8, 4) is 5.69 Å². The summed E-state index contributed by atoms with van der Waals surface area (Å²) in [7, 11) is 0. The van der Waals surface area contributed by atoms with Crippen LogP contribution in [0, 0.1) is 0 Å². The molecule has 3 rings (SSSR count). The fourth-order valence-corrected chi connectivity index (χ4v) is 1.56. The van der Waals surface area contributed by atoms with Crippen molar-refractivity contribution in [2.45, 2.75) is 0 Å². The first kappa shape index (κ1) is 8.72. The van der Waals surface area contributed by atoms with E-state index < -0.39 is 0 Å². The topological polar surface area (TPSA) is 100 Å². The van der Waals surface area contributed by atoms with Crippen molar-refractivity contribution in [1.82, 2.24) is 24.1 Å². The molecule has 0 saturated heterocycles. The van der Waals surface area contributed by atoms with Crippen LogP contribution in [0.2, 0.25) is 0 Å². The van der Waals surface area contributed by atoms with Gasteiger partial charge in [-0.1, -0.05) is 0 Å². The van der Waals surface area contributed by atoms with Gasteiger partial charge in [0.15, 0.2) is 0 Å². The van der Waals surface area contributed by atoms with Crippen molar-refractivity contribution in [2.24, 2.45) is 0 Å². The highest BCUT2D eigenvalue weighted by Gasteiger charge is 2.06. The number of anilines is 2. The lowest BCUT2D eigenvalue weighted by Crippen LogP contribution is -2.03. The molecular formula is C9H9N7. The molecule has 7 heteroatoms. The van der Waals surface area contributed by atoms with E-state index in [-0.39, 0.29) is 11.9 Å². The van der Waals surface area contributed by atoms with Gasteiger partial charge in [0.25, 0.3) is 0 Å². The molecule has 3 heterocycles. The van der Waals surface area contributed by atoms with E-state index in [2.05, 4.69) is 15.1 Å². The summed E-state index contributed by atoms with van der Waals surface area (Å²) < 4.78 is 3.35. The number of nitrogen functional groups attached to an aromatic ring is 2.